The summed E-state index contributed by atoms with van der Waals surface area (Å²) < 4.78 is 1.88. The summed E-state index contributed by atoms with van der Waals surface area (Å²) in [6.45, 7) is 8.54. The van der Waals surface area contributed by atoms with E-state index in [-0.39, 0.29) is 6.04 Å². The summed E-state index contributed by atoms with van der Waals surface area (Å²) in [5.41, 5.74) is 4.91. The molecule has 3 rings (SSSR count). The summed E-state index contributed by atoms with van der Waals surface area (Å²) in [4.78, 5) is 13.6. The maximum absolute atomic E-state index is 5.38. The Kier molecular flexibility index (Phi) is 4.17. The molecule has 7 heteroatoms. The highest BCUT2D eigenvalue weighted by molar-refractivity contribution is 7.09. The van der Waals surface area contributed by atoms with Crippen LogP contribution in [0.2, 0.25) is 0 Å². The second-order valence-corrected chi connectivity index (χ2v) is 6.07. The minimum atomic E-state index is 0.0544. The molecule has 1 aliphatic rings. The number of hydrogen-bond acceptors (Lipinski definition) is 6. The molecule has 0 radical (unpaired) electrons. The van der Waals surface area contributed by atoms with Crippen LogP contribution in [0.25, 0.3) is 5.82 Å². The first-order chi connectivity index (χ1) is 11.2. The number of fused-ring (bicyclic) bond motifs is 1. The molecule has 1 atom stereocenters. The second kappa shape index (κ2) is 6.26. The van der Waals surface area contributed by atoms with Gasteiger partial charge in [0.2, 0.25) is 0 Å². The van der Waals surface area contributed by atoms with Gasteiger partial charge in [-0.15, -0.1) is 17.8 Å². The number of rotatable bonds is 5. The summed E-state index contributed by atoms with van der Waals surface area (Å²) in [6.07, 6.45) is 9.82. The zero-order valence-electron chi connectivity index (χ0n) is 13.2. The van der Waals surface area contributed by atoms with Gasteiger partial charge < -0.3 is 0 Å². The average Bonchev–Trinajstić information content (AvgIpc) is 3.25. The Morgan fingerprint density at radius 1 is 1.57 bits per heavy atom. The number of hydrogen-bond donors (Lipinski definition) is 1. The van der Waals surface area contributed by atoms with Crippen LogP contribution in [0.4, 0.5) is 5.82 Å². The van der Waals surface area contributed by atoms with Gasteiger partial charge in [-0.05, 0) is 13.3 Å². The molecule has 2 aromatic rings. The fourth-order valence-corrected chi connectivity index (χ4v) is 3.23. The van der Waals surface area contributed by atoms with Crippen LogP contribution in [0.5, 0.6) is 0 Å². The number of terminal acetylenes is 1. The molecule has 1 N–H and O–H groups in total. The molecule has 118 valence electrons. The molecule has 1 unspecified atom stereocenters. The highest BCUT2D eigenvalue weighted by Crippen LogP contribution is 2.30. The van der Waals surface area contributed by atoms with Gasteiger partial charge in [0.05, 0.1) is 5.71 Å². The molecule has 0 aliphatic carbocycles. The van der Waals surface area contributed by atoms with Crippen molar-refractivity contribution in [3.8, 4) is 12.3 Å². The van der Waals surface area contributed by atoms with Crippen molar-refractivity contribution in [1.29, 1.82) is 0 Å². The average molecular weight is 326 g/mol. The Morgan fingerprint density at radius 2 is 2.39 bits per heavy atom. The molecule has 0 saturated heterocycles. The molecule has 0 amide bonds. The molecule has 1 aliphatic heterocycles. The SMILES string of the molecule is C#CCN1Nc2c(/C(C)=N/C(CC)c3nccs3)ncn2C1=C. The van der Waals surface area contributed by atoms with E-state index in [0.717, 1.165) is 34.5 Å². The van der Waals surface area contributed by atoms with Crippen LogP contribution in [-0.4, -0.2) is 31.8 Å². The molecule has 3 heterocycles. The maximum Gasteiger partial charge on any atom is 0.160 e. The van der Waals surface area contributed by atoms with E-state index in [1.165, 1.54) is 0 Å². The van der Waals surface area contributed by atoms with Gasteiger partial charge in [0.1, 0.15) is 35.4 Å². The summed E-state index contributed by atoms with van der Waals surface area (Å²) >= 11 is 1.62. The zero-order chi connectivity index (χ0) is 16.4. The monoisotopic (exact) mass is 326 g/mol. The third-order valence-electron chi connectivity index (χ3n) is 3.66. The van der Waals surface area contributed by atoms with Gasteiger partial charge in [-0.25, -0.2) is 9.97 Å². The molecule has 0 bridgehead atoms. The summed E-state index contributed by atoms with van der Waals surface area (Å²) in [6, 6.07) is 0.0544. The highest BCUT2D eigenvalue weighted by atomic mass is 32.1. The van der Waals surface area contributed by atoms with Crippen LogP contribution in [0.3, 0.4) is 0 Å². The molecule has 23 heavy (non-hydrogen) atoms. The van der Waals surface area contributed by atoms with Crippen molar-refractivity contribution in [1.82, 2.24) is 19.5 Å². The van der Waals surface area contributed by atoms with Gasteiger partial charge in [0, 0.05) is 11.6 Å². The molecule has 0 saturated carbocycles. The van der Waals surface area contributed by atoms with Crippen molar-refractivity contribution >= 4 is 28.7 Å². The highest BCUT2D eigenvalue weighted by Gasteiger charge is 2.26. The third kappa shape index (κ3) is 2.73. The number of aliphatic imine (C=N–C) groups is 1. The van der Waals surface area contributed by atoms with Gasteiger partial charge in [-0.3, -0.25) is 20.0 Å². The van der Waals surface area contributed by atoms with Crippen LogP contribution in [-0.2, 0) is 0 Å². The van der Waals surface area contributed by atoms with Crippen molar-refractivity contribution in [2.45, 2.75) is 26.3 Å². The van der Waals surface area contributed by atoms with Crippen LogP contribution >= 0.6 is 11.3 Å². The molecule has 0 aromatic carbocycles. The Morgan fingerprint density at radius 3 is 3.04 bits per heavy atom. The van der Waals surface area contributed by atoms with E-state index in [0.29, 0.717) is 6.54 Å². The van der Waals surface area contributed by atoms with Crippen molar-refractivity contribution in [2.75, 3.05) is 12.0 Å². The summed E-state index contributed by atoms with van der Waals surface area (Å²) in [7, 11) is 0. The minimum Gasteiger partial charge on any atom is -0.279 e. The molecule has 6 nitrogen and oxygen atoms in total. The third-order valence-corrected chi connectivity index (χ3v) is 4.54. The quantitative estimate of drug-likeness (QED) is 0.678. The number of hydrazine groups is 1. The number of aromatic nitrogens is 3. The van der Waals surface area contributed by atoms with E-state index in [1.807, 2.05) is 28.1 Å². The van der Waals surface area contributed by atoms with Crippen molar-refractivity contribution in [2.24, 2.45) is 4.99 Å². The molecule has 0 fully saturated rings. The van der Waals surface area contributed by atoms with Crippen LogP contribution in [0, 0.1) is 12.3 Å². The Hall–Kier alpha value is -2.59. The molecule has 0 spiro atoms. The lowest BCUT2D eigenvalue weighted by molar-refractivity contribution is 0.540. The number of nitrogens with one attached hydrogen (secondary N) is 1. The van der Waals surface area contributed by atoms with E-state index in [2.05, 4.69) is 34.8 Å². The summed E-state index contributed by atoms with van der Waals surface area (Å²) in [5.74, 6) is 4.21. The van der Waals surface area contributed by atoms with Gasteiger partial charge in [0.25, 0.3) is 0 Å². The minimum absolute atomic E-state index is 0.0544. The topological polar surface area (TPSA) is 58.3 Å². The van der Waals surface area contributed by atoms with E-state index in [9.17, 15) is 0 Å². The first kappa shape index (κ1) is 15.3. The van der Waals surface area contributed by atoms with Crippen molar-refractivity contribution < 1.29 is 0 Å². The zero-order valence-corrected chi connectivity index (χ0v) is 14.0. The Balaban J connectivity index is 1.89. The lowest BCUT2D eigenvalue weighted by Crippen LogP contribution is -2.23. The molecule has 2 aromatic heterocycles. The fourth-order valence-electron chi connectivity index (χ4n) is 2.48. The normalized spacial score (nSPS) is 15.3. The van der Waals surface area contributed by atoms with Crippen LogP contribution in [0.15, 0.2) is 29.5 Å². The van der Waals surface area contributed by atoms with Crippen molar-refractivity contribution in [3.63, 3.8) is 0 Å². The van der Waals surface area contributed by atoms with Gasteiger partial charge in [-0.1, -0.05) is 19.4 Å². The van der Waals surface area contributed by atoms with E-state index < -0.39 is 0 Å². The predicted octanol–water partition coefficient (Wildman–Crippen LogP) is 3.00. The number of anilines is 1. The van der Waals surface area contributed by atoms with Gasteiger partial charge in [-0.2, -0.15) is 0 Å². The smallest absolute Gasteiger partial charge is 0.160 e. The first-order valence-corrected chi connectivity index (χ1v) is 8.22. The Bertz CT molecular complexity index is 780. The van der Waals surface area contributed by atoms with Gasteiger partial charge in [0.15, 0.2) is 5.82 Å². The Labute approximate surface area is 139 Å². The van der Waals surface area contributed by atoms with Crippen LogP contribution < -0.4 is 5.43 Å². The van der Waals surface area contributed by atoms with Gasteiger partial charge >= 0.3 is 0 Å². The maximum atomic E-state index is 5.38. The summed E-state index contributed by atoms with van der Waals surface area (Å²) in [5, 5.41) is 4.81. The largest absolute Gasteiger partial charge is 0.279 e. The number of thiazole rings is 1. The van der Waals surface area contributed by atoms with Crippen LogP contribution in [0.1, 0.15) is 37.0 Å². The standard InChI is InChI=1S/C16H18N6S/c1-5-8-22-12(4)21-10-18-14(15(21)20-22)11(3)19-13(6-2)16-17-7-9-23-16/h1,7,9-10,13,20H,4,6,8H2,2-3H3/b19-11+. The molecular weight excluding hydrogens is 308 g/mol. The van der Waals surface area contributed by atoms with E-state index in [4.69, 9.17) is 11.4 Å². The fraction of sp³-hybridized carbons (Fsp3) is 0.312. The lowest BCUT2D eigenvalue weighted by atomic mass is 10.2. The predicted molar refractivity (Wildman–Crippen MR) is 94.1 cm³/mol. The number of nitrogens with zero attached hydrogens (tertiary/aromatic N) is 5. The van der Waals surface area contributed by atoms with E-state index >= 15 is 0 Å². The number of imidazole rings is 1. The lowest BCUT2D eigenvalue weighted by Gasteiger charge is -2.15. The van der Waals surface area contributed by atoms with E-state index in [1.54, 1.807) is 17.7 Å². The molecular formula is C16H18N6S. The first-order valence-electron chi connectivity index (χ1n) is 7.34. The van der Waals surface area contributed by atoms with Crippen molar-refractivity contribution in [3.05, 3.63) is 35.2 Å². The second-order valence-electron chi connectivity index (χ2n) is 5.14.